The summed E-state index contributed by atoms with van der Waals surface area (Å²) in [5, 5.41) is 3.28. The summed E-state index contributed by atoms with van der Waals surface area (Å²) in [6.07, 6.45) is 5.86. The molecule has 1 atom stereocenters. The second-order valence-corrected chi connectivity index (χ2v) is 10.1. The number of nitrogens with one attached hydrogen (secondary N) is 1. The molecule has 0 radical (unpaired) electrons. The van der Waals surface area contributed by atoms with E-state index in [4.69, 9.17) is 0 Å². The lowest BCUT2D eigenvalue weighted by atomic mass is 10.00. The number of benzene rings is 3. The van der Waals surface area contributed by atoms with Crippen LogP contribution < -0.4 is 5.32 Å². The summed E-state index contributed by atoms with van der Waals surface area (Å²) in [6, 6.07) is 26.2. The average molecular weight is 483 g/mol. The minimum atomic E-state index is -0.557. The highest BCUT2D eigenvalue weighted by atomic mass is 16.2. The topological polar surface area (TPSA) is 49.4 Å². The van der Waals surface area contributed by atoms with E-state index >= 15 is 0 Å². The van der Waals surface area contributed by atoms with Crippen LogP contribution in [0.4, 0.5) is 0 Å². The fourth-order valence-electron chi connectivity index (χ4n) is 5.04. The molecule has 3 aromatic rings. The van der Waals surface area contributed by atoms with E-state index in [1.165, 1.54) is 5.56 Å². The summed E-state index contributed by atoms with van der Waals surface area (Å²) in [7, 11) is 0. The third-order valence-electron chi connectivity index (χ3n) is 7.32. The van der Waals surface area contributed by atoms with Gasteiger partial charge in [-0.25, -0.2) is 0 Å². The van der Waals surface area contributed by atoms with Crippen molar-refractivity contribution in [3.05, 3.63) is 107 Å². The van der Waals surface area contributed by atoms with E-state index in [2.05, 4.69) is 55.6 Å². The first-order chi connectivity index (χ1) is 17.5. The van der Waals surface area contributed by atoms with E-state index in [0.717, 1.165) is 47.9 Å². The molecule has 1 N–H and O–H groups in total. The highest BCUT2D eigenvalue weighted by molar-refractivity contribution is 5.88. The molecule has 4 nitrogen and oxygen atoms in total. The maximum Gasteiger partial charge on any atom is 0.243 e. The van der Waals surface area contributed by atoms with Crippen LogP contribution in [0.2, 0.25) is 0 Å². The van der Waals surface area contributed by atoms with Crippen LogP contribution >= 0.6 is 0 Å². The molecule has 4 heteroatoms. The molecular formula is C32H38N2O2. The molecule has 3 aromatic carbocycles. The minimum absolute atomic E-state index is 0.0151. The highest BCUT2D eigenvalue weighted by Crippen LogP contribution is 2.21. The zero-order chi connectivity index (χ0) is 25.3. The van der Waals surface area contributed by atoms with Gasteiger partial charge in [-0.2, -0.15) is 0 Å². The Labute approximate surface area is 215 Å². The van der Waals surface area contributed by atoms with E-state index < -0.39 is 6.04 Å². The summed E-state index contributed by atoms with van der Waals surface area (Å²) in [4.78, 5) is 29.4. The first kappa shape index (κ1) is 25.7. The molecule has 4 rings (SSSR count). The van der Waals surface area contributed by atoms with Crippen molar-refractivity contribution in [1.82, 2.24) is 10.2 Å². The van der Waals surface area contributed by atoms with Crippen molar-refractivity contribution in [1.29, 1.82) is 0 Å². The number of carbonyl (C=O) groups is 2. The molecule has 2 amide bonds. The molecule has 1 aliphatic rings. The molecule has 0 saturated heterocycles. The first-order valence-electron chi connectivity index (χ1n) is 13.2. The molecule has 0 aliphatic heterocycles. The molecular weight excluding hydrogens is 444 g/mol. The lowest BCUT2D eigenvalue weighted by molar-refractivity contribution is -0.141. The van der Waals surface area contributed by atoms with Gasteiger partial charge in [0, 0.05) is 25.4 Å². The Balaban J connectivity index is 1.61. The van der Waals surface area contributed by atoms with Crippen molar-refractivity contribution in [2.24, 2.45) is 0 Å². The van der Waals surface area contributed by atoms with Gasteiger partial charge in [0.15, 0.2) is 0 Å². The molecule has 1 saturated carbocycles. The molecule has 188 valence electrons. The minimum Gasteiger partial charge on any atom is -0.352 e. The average Bonchev–Trinajstić information content (AvgIpc) is 3.40. The van der Waals surface area contributed by atoms with Crippen molar-refractivity contribution in [2.45, 2.75) is 77.4 Å². The molecule has 0 aromatic heterocycles. The van der Waals surface area contributed by atoms with Gasteiger partial charge in [-0.05, 0) is 55.4 Å². The van der Waals surface area contributed by atoms with E-state index in [1.807, 2.05) is 47.4 Å². The number of aryl methyl sites for hydroxylation is 3. The Bertz CT molecular complexity index is 1130. The van der Waals surface area contributed by atoms with Crippen molar-refractivity contribution in [2.75, 3.05) is 0 Å². The maximum atomic E-state index is 13.8. The molecule has 0 spiro atoms. The maximum absolute atomic E-state index is 13.8. The molecule has 0 heterocycles. The first-order valence-corrected chi connectivity index (χ1v) is 13.2. The van der Waals surface area contributed by atoms with Crippen LogP contribution in [-0.2, 0) is 29.0 Å². The van der Waals surface area contributed by atoms with Crippen LogP contribution in [-0.4, -0.2) is 28.8 Å². The number of rotatable bonds is 10. The Morgan fingerprint density at radius 3 is 2.22 bits per heavy atom. The summed E-state index contributed by atoms with van der Waals surface area (Å²) in [5.41, 5.74) is 5.61. The van der Waals surface area contributed by atoms with Crippen molar-refractivity contribution >= 4 is 11.8 Å². The Morgan fingerprint density at radius 1 is 0.861 bits per heavy atom. The third kappa shape index (κ3) is 7.07. The van der Waals surface area contributed by atoms with Gasteiger partial charge >= 0.3 is 0 Å². The summed E-state index contributed by atoms with van der Waals surface area (Å²) >= 11 is 0. The summed E-state index contributed by atoms with van der Waals surface area (Å²) < 4.78 is 0. The largest absolute Gasteiger partial charge is 0.352 e. The van der Waals surface area contributed by atoms with Crippen LogP contribution in [0.3, 0.4) is 0 Å². The molecule has 1 aliphatic carbocycles. The van der Waals surface area contributed by atoms with E-state index in [9.17, 15) is 9.59 Å². The molecule has 1 unspecified atom stereocenters. The predicted octanol–water partition coefficient (Wildman–Crippen LogP) is 5.93. The van der Waals surface area contributed by atoms with Crippen LogP contribution in [0.1, 0.15) is 59.9 Å². The second-order valence-electron chi connectivity index (χ2n) is 10.1. The van der Waals surface area contributed by atoms with Gasteiger partial charge in [-0.3, -0.25) is 9.59 Å². The summed E-state index contributed by atoms with van der Waals surface area (Å²) in [6.45, 7) is 4.56. The van der Waals surface area contributed by atoms with Gasteiger partial charge in [0.2, 0.25) is 11.8 Å². The standard InChI is InChI=1S/C32H38N2O2/c1-24-16-18-26(19-17-24)20-21-31(35)34(23-28-13-7-6-10-25(28)2)30(22-27-11-4-3-5-12-27)32(36)33-29-14-8-9-15-29/h3-7,10-13,16-19,29-30H,8-9,14-15,20-23H2,1-2H3,(H,33,36). The van der Waals surface area contributed by atoms with E-state index in [-0.39, 0.29) is 17.9 Å². The van der Waals surface area contributed by atoms with E-state index in [1.54, 1.807) is 0 Å². The third-order valence-corrected chi connectivity index (χ3v) is 7.32. The Hall–Kier alpha value is -3.40. The van der Waals surface area contributed by atoms with Gasteiger partial charge < -0.3 is 10.2 Å². The zero-order valence-electron chi connectivity index (χ0n) is 21.6. The number of hydrogen-bond acceptors (Lipinski definition) is 2. The predicted molar refractivity (Wildman–Crippen MR) is 146 cm³/mol. The van der Waals surface area contributed by atoms with Crippen molar-refractivity contribution in [3.63, 3.8) is 0 Å². The molecule has 36 heavy (non-hydrogen) atoms. The zero-order valence-corrected chi connectivity index (χ0v) is 21.6. The van der Waals surface area contributed by atoms with Crippen molar-refractivity contribution in [3.8, 4) is 0 Å². The quantitative estimate of drug-likeness (QED) is 0.389. The number of nitrogens with zero attached hydrogens (tertiary/aromatic N) is 1. The second kappa shape index (κ2) is 12.5. The van der Waals surface area contributed by atoms with Gasteiger partial charge in [0.1, 0.15) is 6.04 Å². The van der Waals surface area contributed by atoms with Gasteiger partial charge in [-0.1, -0.05) is 97.3 Å². The van der Waals surface area contributed by atoms with E-state index in [0.29, 0.717) is 25.8 Å². The monoisotopic (exact) mass is 482 g/mol. The molecule has 1 fully saturated rings. The lowest BCUT2D eigenvalue weighted by Gasteiger charge is -2.33. The smallest absolute Gasteiger partial charge is 0.243 e. The SMILES string of the molecule is Cc1ccc(CCC(=O)N(Cc2ccccc2C)C(Cc2ccccc2)C(=O)NC2CCCC2)cc1. The fourth-order valence-corrected chi connectivity index (χ4v) is 5.04. The van der Waals surface area contributed by atoms with Crippen LogP contribution in [0, 0.1) is 13.8 Å². The Morgan fingerprint density at radius 2 is 1.53 bits per heavy atom. The summed E-state index contributed by atoms with van der Waals surface area (Å²) in [5.74, 6) is -0.0237. The van der Waals surface area contributed by atoms with Gasteiger partial charge in [-0.15, -0.1) is 0 Å². The van der Waals surface area contributed by atoms with Crippen LogP contribution in [0.5, 0.6) is 0 Å². The van der Waals surface area contributed by atoms with Gasteiger partial charge in [0.25, 0.3) is 0 Å². The number of amides is 2. The molecule has 0 bridgehead atoms. The highest BCUT2D eigenvalue weighted by Gasteiger charge is 2.32. The normalized spacial score (nSPS) is 14.4. The number of hydrogen-bond donors (Lipinski definition) is 1. The van der Waals surface area contributed by atoms with Crippen LogP contribution in [0.15, 0.2) is 78.9 Å². The van der Waals surface area contributed by atoms with Crippen molar-refractivity contribution < 1.29 is 9.59 Å². The number of carbonyl (C=O) groups excluding carboxylic acids is 2. The lowest BCUT2D eigenvalue weighted by Crippen LogP contribution is -2.52. The van der Waals surface area contributed by atoms with Gasteiger partial charge in [0.05, 0.1) is 0 Å². The van der Waals surface area contributed by atoms with Crippen LogP contribution in [0.25, 0.3) is 0 Å². The Kier molecular flexibility index (Phi) is 8.94. The fraction of sp³-hybridized carbons (Fsp3) is 0.375.